The summed E-state index contributed by atoms with van der Waals surface area (Å²) >= 11 is 0. The van der Waals surface area contributed by atoms with Crippen LogP contribution in [-0.4, -0.2) is 45.8 Å². The SMILES string of the molecule is CC1Cc2cn[nH]c2C(C(=O)N2CC(CO)(c3ccccc3)C2)C1. The number of aliphatic hydroxyl groups is 1. The van der Waals surface area contributed by atoms with Crippen molar-refractivity contribution in [3.05, 3.63) is 53.3 Å². The maximum atomic E-state index is 13.0. The van der Waals surface area contributed by atoms with E-state index in [0.717, 1.165) is 24.1 Å². The number of aromatic amines is 1. The van der Waals surface area contributed by atoms with Gasteiger partial charge in [-0.3, -0.25) is 9.89 Å². The van der Waals surface area contributed by atoms with Crippen molar-refractivity contribution in [2.45, 2.75) is 31.1 Å². The maximum Gasteiger partial charge on any atom is 0.231 e. The summed E-state index contributed by atoms with van der Waals surface area (Å²) < 4.78 is 0. The van der Waals surface area contributed by atoms with E-state index in [9.17, 15) is 9.90 Å². The van der Waals surface area contributed by atoms with Crippen LogP contribution in [0.25, 0.3) is 0 Å². The van der Waals surface area contributed by atoms with E-state index in [2.05, 4.69) is 17.1 Å². The van der Waals surface area contributed by atoms with Gasteiger partial charge in [0.05, 0.1) is 29.8 Å². The molecule has 1 aromatic heterocycles. The van der Waals surface area contributed by atoms with Crippen LogP contribution in [0, 0.1) is 5.92 Å². The second-order valence-electron chi connectivity index (χ2n) is 7.41. The molecule has 2 heterocycles. The molecule has 1 saturated heterocycles. The highest BCUT2D eigenvalue weighted by Crippen LogP contribution is 2.39. The Bertz CT molecular complexity index is 734. The van der Waals surface area contributed by atoms with E-state index in [1.54, 1.807) is 0 Å². The number of aromatic nitrogens is 2. The fourth-order valence-electron chi connectivity index (χ4n) is 4.21. The molecule has 5 nitrogen and oxygen atoms in total. The number of rotatable bonds is 3. The number of carbonyl (C=O) groups is 1. The molecule has 5 heteroatoms. The van der Waals surface area contributed by atoms with Gasteiger partial charge >= 0.3 is 0 Å². The third kappa shape index (κ3) is 2.35. The Morgan fingerprint density at radius 1 is 1.38 bits per heavy atom. The lowest BCUT2D eigenvalue weighted by atomic mass is 9.73. The van der Waals surface area contributed by atoms with Gasteiger partial charge in [0.15, 0.2) is 0 Å². The van der Waals surface area contributed by atoms with Gasteiger partial charge in [0.25, 0.3) is 0 Å². The molecule has 0 saturated carbocycles. The van der Waals surface area contributed by atoms with Crippen LogP contribution in [0.15, 0.2) is 36.5 Å². The molecule has 0 bridgehead atoms. The first kappa shape index (κ1) is 15.4. The zero-order valence-corrected chi connectivity index (χ0v) is 13.9. The third-order valence-electron chi connectivity index (χ3n) is 5.59. The number of amides is 1. The summed E-state index contributed by atoms with van der Waals surface area (Å²) in [6.45, 7) is 3.42. The van der Waals surface area contributed by atoms with Crippen molar-refractivity contribution >= 4 is 5.91 Å². The van der Waals surface area contributed by atoms with E-state index >= 15 is 0 Å². The molecule has 2 aliphatic rings. The lowest BCUT2D eigenvalue weighted by Crippen LogP contribution is -2.64. The number of nitrogens with zero attached hydrogens (tertiary/aromatic N) is 2. The quantitative estimate of drug-likeness (QED) is 0.905. The average Bonchev–Trinajstić information content (AvgIpc) is 3.02. The van der Waals surface area contributed by atoms with Gasteiger partial charge in [0, 0.05) is 13.1 Å². The van der Waals surface area contributed by atoms with Crippen molar-refractivity contribution in [1.82, 2.24) is 15.1 Å². The fraction of sp³-hybridized carbons (Fsp3) is 0.474. The predicted octanol–water partition coefficient (Wildman–Crippen LogP) is 1.85. The average molecular weight is 325 g/mol. The van der Waals surface area contributed by atoms with Crippen molar-refractivity contribution in [3.8, 4) is 0 Å². The van der Waals surface area contributed by atoms with Gasteiger partial charge in [0.1, 0.15) is 0 Å². The second kappa shape index (κ2) is 5.74. The zero-order chi connectivity index (χ0) is 16.7. The Balaban J connectivity index is 1.52. The predicted molar refractivity (Wildman–Crippen MR) is 90.6 cm³/mol. The van der Waals surface area contributed by atoms with Crippen LogP contribution in [0.3, 0.4) is 0 Å². The lowest BCUT2D eigenvalue weighted by Gasteiger charge is -2.50. The summed E-state index contributed by atoms with van der Waals surface area (Å²) in [5.74, 6) is 0.521. The van der Waals surface area contributed by atoms with E-state index < -0.39 is 0 Å². The van der Waals surface area contributed by atoms with E-state index in [4.69, 9.17) is 0 Å². The van der Waals surface area contributed by atoms with Gasteiger partial charge in [-0.05, 0) is 29.9 Å². The number of likely N-dealkylation sites (tertiary alicyclic amines) is 1. The van der Waals surface area contributed by atoms with Crippen LogP contribution in [0.4, 0.5) is 0 Å². The van der Waals surface area contributed by atoms with Crippen LogP contribution in [0.5, 0.6) is 0 Å². The highest BCUT2D eigenvalue weighted by Gasteiger charge is 2.48. The zero-order valence-electron chi connectivity index (χ0n) is 13.9. The summed E-state index contributed by atoms with van der Waals surface area (Å²) in [6, 6.07) is 10.0. The Morgan fingerprint density at radius 2 is 2.12 bits per heavy atom. The van der Waals surface area contributed by atoms with Crippen LogP contribution >= 0.6 is 0 Å². The first-order valence-electron chi connectivity index (χ1n) is 8.60. The number of aliphatic hydroxyl groups excluding tert-OH is 1. The highest BCUT2D eigenvalue weighted by atomic mass is 16.3. The Labute approximate surface area is 141 Å². The molecule has 126 valence electrons. The number of hydrogen-bond acceptors (Lipinski definition) is 3. The summed E-state index contributed by atoms with van der Waals surface area (Å²) in [6.07, 6.45) is 3.70. The summed E-state index contributed by atoms with van der Waals surface area (Å²) in [4.78, 5) is 14.9. The molecule has 0 radical (unpaired) electrons. The normalized spacial score (nSPS) is 25.0. The number of fused-ring (bicyclic) bond motifs is 1. The second-order valence-corrected chi connectivity index (χ2v) is 7.41. The molecule has 1 fully saturated rings. The Hall–Kier alpha value is -2.14. The van der Waals surface area contributed by atoms with E-state index in [0.29, 0.717) is 19.0 Å². The summed E-state index contributed by atoms with van der Waals surface area (Å²) in [5, 5.41) is 17.1. The van der Waals surface area contributed by atoms with Crippen molar-refractivity contribution in [2.75, 3.05) is 19.7 Å². The minimum absolute atomic E-state index is 0.0666. The van der Waals surface area contributed by atoms with Crippen molar-refractivity contribution in [3.63, 3.8) is 0 Å². The molecule has 1 amide bonds. The van der Waals surface area contributed by atoms with Crippen molar-refractivity contribution < 1.29 is 9.90 Å². The Morgan fingerprint density at radius 3 is 2.83 bits per heavy atom. The number of carbonyl (C=O) groups excluding carboxylic acids is 1. The topological polar surface area (TPSA) is 69.2 Å². The van der Waals surface area contributed by atoms with Gasteiger partial charge in [-0.1, -0.05) is 37.3 Å². The fourth-order valence-corrected chi connectivity index (χ4v) is 4.21. The van der Waals surface area contributed by atoms with Gasteiger partial charge < -0.3 is 10.0 Å². The molecule has 1 aliphatic heterocycles. The third-order valence-corrected chi connectivity index (χ3v) is 5.59. The summed E-state index contributed by atoms with van der Waals surface area (Å²) in [5.41, 5.74) is 2.95. The van der Waals surface area contributed by atoms with Gasteiger partial charge in [-0.25, -0.2) is 0 Å². The minimum atomic E-state index is -0.311. The minimum Gasteiger partial charge on any atom is -0.395 e. The molecule has 2 atom stereocenters. The monoisotopic (exact) mass is 325 g/mol. The number of benzene rings is 1. The number of nitrogens with one attached hydrogen (secondary N) is 1. The number of H-pyrrole nitrogens is 1. The van der Waals surface area contributed by atoms with Crippen LogP contribution in [0.1, 0.15) is 36.1 Å². The van der Waals surface area contributed by atoms with Crippen LogP contribution in [-0.2, 0) is 16.6 Å². The highest BCUT2D eigenvalue weighted by molar-refractivity contribution is 5.85. The first-order valence-corrected chi connectivity index (χ1v) is 8.60. The van der Waals surface area contributed by atoms with Gasteiger partial charge in [0.2, 0.25) is 5.91 Å². The van der Waals surface area contributed by atoms with Crippen LogP contribution < -0.4 is 0 Å². The van der Waals surface area contributed by atoms with Crippen molar-refractivity contribution in [1.29, 1.82) is 0 Å². The molecule has 2 N–H and O–H groups in total. The van der Waals surface area contributed by atoms with E-state index in [1.807, 2.05) is 41.4 Å². The number of hydrogen-bond donors (Lipinski definition) is 2. The first-order chi connectivity index (χ1) is 11.6. The van der Waals surface area contributed by atoms with E-state index in [1.165, 1.54) is 5.56 Å². The Kier molecular flexibility index (Phi) is 3.68. The molecule has 1 aromatic carbocycles. The standard InChI is InChI=1S/C19H23N3O2/c1-13-7-14-9-20-21-17(14)16(8-13)18(24)22-10-19(11-22,12-23)15-5-3-2-4-6-15/h2-6,9,13,16,23H,7-8,10-12H2,1H3,(H,20,21). The molecule has 4 rings (SSSR count). The van der Waals surface area contributed by atoms with Gasteiger partial charge in [-0.15, -0.1) is 0 Å². The molecule has 2 unspecified atom stereocenters. The lowest BCUT2D eigenvalue weighted by molar-refractivity contribution is -0.142. The van der Waals surface area contributed by atoms with Crippen LogP contribution in [0.2, 0.25) is 0 Å². The molecule has 24 heavy (non-hydrogen) atoms. The molecule has 2 aromatic rings. The molecule has 0 spiro atoms. The smallest absolute Gasteiger partial charge is 0.231 e. The maximum absolute atomic E-state index is 13.0. The molecular formula is C19H23N3O2. The summed E-state index contributed by atoms with van der Waals surface area (Å²) in [7, 11) is 0. The molecule has 1 aliphatic carbocycles. The molecular weight excluding hydrogens is 302 g/mol. The van der Waals surface area contributed by atoms with Gasteiger partial charge in [-0.2, -0.15) is 5.10 Å². The van der Waals surface area contributed by atoms with Crippen molar-refractivity contribution in [2.24, 2.45) is 5.92 Å². The largest absolute Gasteiger partial charge is 0.395 e. The van der Waals surface area contributed by atoms with E-state index in [-0.39, 0.29) is 23.8 Å².